The predicted molar refractivity (Wildman–Crippen MR) is 63.6 cm³/mol. The zero-order chi connectivity index (χ0) is 11.5. The fourth-order valence-corrected chi connectivity index (χ4v) is 2.66. The van der Waals surface area contributed by atoms with E-state index in [1.807, 2.05) is 6.08 Å². The summed E-state index contributed by atoms with van der Waals surface area (Å²) < 4.78 is 11.2. The molecule has 0 N–H and O–H groups in total. The summed E-state index contributed by atoms with van der Waals surface area (Å²) in [6.45, 7) is 0. The molecule has 0 amide bonds. The molecule has 0 saturated carbocycles. The highest BCUT2D eigenvalue weighted by atomic mass is 32.2. The number of non-ortho nitro benzene ring substituents is 1. The van der Waals surface area contributed by atoms with Crippen LogP contribution in [0.15, 0.2) is 30.3 Å². The van der Waals surface area contributed by atoms with Gasteiger partial charge >= 0.3 is 0 Å². The molecule has 0 aliphatic carbocycles. The van der Waals surface area contributed by atoms with E-state index in [1.165, 1.54) is 12.1 Å². The van der Waals surface area contributed by atoms with Gasteiger partial charge in [0.2, 0.25) is 0 Å². The van der Waals surface area contributed by atoms with Crippen LogP contribution in [0, 0.1) is 10.1 Å². The lowest BCUT2D eigenvalue weighted by Crippen LogP contribution is -2.14. The zero-order valence-corrected chi connectivity index (χ0v) is 9.40. The standard InChI is InChI=1S/C11H11NO3S/c13-12(14)11-3-1-9(2-4-11)10-5-7-16(15)8-6-10/h1-5H,6-8H2. The highest BCUT2D eigenvalue weighted by molar-refractivity contribution is 7.91. The molecule has 0 fully saturated rings. The van der Waals surface area contributed by atoms with Gasteiger partial charge in [-0.05, 0) is 40.5 Å². The molecule has 1 heterocycles. The highest BCUT2D eigenvalue weighted by Gasteiger charge is 2.15. The third-order valence-electron chi connectivity index (χ3n) is 2.56. The maximum Gasteiger partial charge on any atom is 0.269 e. The Balaban J connectivity index is 2.19. The molecule has 5 heteroatoms. The van der Waals surface area contributed by atoms with Crippen molar-refractivity contribution in [1.29, 1.82) is 0 Å². The summed E-state index contributed by atoms with van der Waals surface area (Å²) in [6.07, 6.45) is 2.74. The zero-order valence-electron chi connectivity index (χ0n) is 8.59. The summed E-state index contributed by atoms with van der Waals surface area (Å²) in [5.74, 6) is 1.27. The van der Waals surface area contributed by atoms with Gasteiger partial charge in [0.15, 0.2) is 0 Å². The minimum absolute atomic E-state index is 0.101. The van der Waals surface area contributed by atoms with Crippen molar-refractivity contribution in [3.63, 3.8) is 0 Å². The third-order valence-corrected chi connectivity index (χ3v) is 3.76. The van der Waals surface area contributed by atoms with Gasteiger partial charge in [-0.3, -0.25) is 10.1 Å². The maximum atomic E-state index is 11.2. The number of benzene rings is 1. The average Bonchev–Trinajstić information content (AvgIpc) is 2.30. The van der Waals surface area contributed by atoms with Crippen LogP contribution in [0.1, 0.15) is 12.0 Å². The van der Waals surface area contributed by atoms with E-state index >= 15 is 0 Å². The van der Waals surface area contributed by atoms with E-state index < -0.39 is 16.1 Å². The Kier molecular flexibility index (Phi) is 3.26. The molecule has 84 valence electrons. The van der Waals surface area contributed by atoms with Crippen molar-refractivity contribution in [2.45, 2.75) is 6.42 Å². The minimum atomic E-state index is -0.731. The van der Waals surface area contributed by atoms with Gasteiger partial charge in [0, 0.05) is 18.6 Å². The van der Waals surface area contributed by atoms with Crippen molar-refractivity contribution in [1.82, 2.24) is 0 Å². The van der Waals surface area contributed by atoms with E-state index in [0.717, 1.165) is 17.6 Å². The van der Waals surface area contributed by atoms with Crippen LogP contribution in [-0.2, 0) is 11.2 Å². The lowest BCUT2D eigenvalue weighted by Gasteiger charge is -2.16. The van der Waals surface area contributed by atoms with Gasteiger partial charge in [-0.15, -0.1) is 0 Å². The van der Waals surface area contributed by atoms with Crippen LogP contribution in [0.2, 0.25) is 0 Å². The molecule has 0 bridgehead atoms. The topological polar surface area (TPSA) is 66.2 Å². The van der Waals surface area contributed by atoms with Crippen molar-refractivity contribution in [2.24, 2.45) is 0 Å². The van der Waals surface area contributed by atoms with Crippen LogP contribution in [-0.4, -0.2) is 21.0 Å². The van der Waals surface area contributed by atoms with Gasteiger partial charge in [0.1, 0.15) is 11.5 Å². The third kappa shape index (κ3) is 2.43. The van der Waals surface area contributed by atoms with Crippen molar-refractivity contribution in [2.75, 3.05) is 11.5 Å². The molecule has 16 heavy (non-hydrogen) atoms. The van der Waals surface area contributed by atoms with E-state index in [-0.39, 0.29) is 5.69 Å². The van der Waals surface area contributed by atoms with Gasteiger partial charge < -0.3 is 4.55 Å². The van der Waals surface area contributed by atoms with Crippen LogP contribution >= 0.6 is 0 Å². The average molecular weight is 237 g/mol. The van der Waals surface area contributed by atoms with Crippen LogP contribution in [0.25, 0.3) is 5.57 Å². The van der Waals surface area contributed by atoms with Crippen molar-refractivity contribution in [3.05, 3.63) is 46.0 Å². The first-order chi connectivity index (χ1) is 7.66. The second-order valence-electron chi connectivity index (χ2n) is 3.59. The molecule has 4 nitrogen and oxygen atoms in total. The Morgan fingerprint density at radius 1 is 1.25 bits per heavy atom. The molecule has 1 aromatic rings. The molecule has 0 aromatic heterocycles. The van der Waals surface area contributed by atoms with Crippen molar-refractivity contribution in [3.8, 4) is 0 Å². The maximum absolute atomic E-state index is 11.2. The first-order valence-electron chi connectivity index (χ1n) is 4.95. The molecule has 0 spiro atoms. The quantitative estimate of drug-likeness (QED) is 0.449. The summed E-state index contributed by atoms with van der Waals surface area (Å²) >= 11 is -0.731. The number of nitro groups is 1. The van der Waals surface area contributed by atoms with Gasteiger partial charge in [0.05, 0.1) is 4.92 Å². The molecule has 1 atom stereocenters. The molecule has 1 unspecified atom stereocenters. The number of allylic oxidation sites excluding steroid dienone is 1. The van der Waals surface area contributed by atoms with Crippen LogP contribution in [0.3, 0.4) is 0 Å². The lowest BCUT2D eigenvalue weighted by molar-refractivity contribution is -0.384. The molecule has 0 saturated heterocycles. The SMILES string of the molecule is O=[N+]([O-])c1ccc(C2=CC[S+]([O-])CC2)cc1. The predicted octanol–water partition coefficient (Wildman–Crippen LogP) is 2.13. The van der Waals surface area contributed by atoms with E-state index in [2.05, 4.69) is 0 Å². The van der Waals surface area contributed by atoms with Crippen LogP contribution in [0.5, 0.6) is 0 Å². The smallest absolute Gasteiger partial charge is 0.269 e. The number of nitrogens with zero attached hydrogens (tertiary/aromatic N) is 1. The first kappa shape index (κ1) is 11.2. The number of nitro benzene ring substituents is 1. The Morgan fingerprint density at radius 2 is 1.94 bits per heavy atom. The first-order valence-corrected chi connectivity index (χ1v) is 6.44. The molecule has 2 rings (SSSR count). The molecule has 1 aliphatic rings. The summed E-state index contributed by atoms with van der Waals surface area (Å²) in [6, 6.07) is 6.50. The van der Waals surface area contributed by atoms with E-state index in [1.54, 1.807) is 12.1 Å². The van der Waals surface area contributed by atoms with Crippen molar-refractivity contribution < 1.29 is 9.48 Å². The van der Waals surface area contributed by atoms with E-state index in [9.17, 15) is 14.7 Å². The fraction of sp³-hybridized carbons (Fsp3) is 0.273. The number of hydrogen-bond donors (Lipinski definition) is 0. The largest absolute Gasteiger partial charge is 0.616 e. The van der Waals surface area contributed by atoms with Gasteiger partial charge in [0.25, 0.3) is 5.69 Å². The van der Waals surface area contributed by atoms with E-state index in [0.29, 0.717) is 11.5 Å². The molecule has 1 aliphatic heterocycles. The Bertz CT molecular complexity index is 427. The van der Waals surface area contributed by atoms with Gasteiger partial charge in [-0.25, -0.2) is 0 Å². The second-order valence-corrected chi connectivity index (χ2v) is 5.22. The number of hydrogen-bond acceptors (Lipinski definition) is 3. The second kappa shape index (κ2) is 4.67. The Labute approximate surface area is 96.3 Å². The van der Waals surface area contributed by atoms with Crippen LogP contribution < -0.4 is 0 Å². The minimum Gasteiger partial charge on any atom is -0.616 e. The summed E-state index contributed by atoms with van der Waals surface area (Å²) in [4.78, 5) is 10.1. The lowest BCUT2D eigenvalue weighted by atomic mass is 10.0. The van der Waals surface area contributed by atoms with Gasteiger partial charge in [-0.2, -0.15) is 0 Å². The Morgan fingerprint density at radius 3 is 2.44 bits per heavy atom. The fourth-order valence-electron chi connectivity index (χ4n) is 1.66. The summed E-state index contributed by atoms with van der Waals surface area (Å²) in [5.41, 5.74) is 2.22. The molecule has 1 aromatic carbocycles. The normalized spacial score (nSPS) is 20.3. The van der Waals surface area contributed by atoms with Crippen LogP contribution in [0.4, 0.5) is 5.69 Å². The molecular weight excluding hydrogens is 226 g/mol. The van der Waals surface area contributed by atoms with E-state index in [4.69, 9.17) is 0 Å². The summed E-state index contributed by atoms with van der Waals surface area (Å²) in [7, 11) is 0. The molecule has 0 radical (unpaired) electrons. The van der Waals surface area contributed by atoms with Crippen molar-refractivity contribution >= 4 is 22.4 Å². The number of rotatable bonds is 2. The summed E-state index contributed by atoms with van der Waals surface area (Å²) in [5, 5.41) is 10.5. The Hall–Kier alpha value is -1.33. The van der Waals surface area contributed by atoms with Gasteiger partial charge in [-0.1, -0.05) is 0 Å². The monoisotopic (exact) mass is 237 g/mol. The molecular formula is C11H11NO3S. The highest BCUT2D eigenvalue weighted by Crippen LogP contribution is 2.24.